The molecule has 4 heteroatoms. The van der Waals surface area contributed by atoms with Crippen molar-refractivity contribution in [1.29, 1.82) is 0 Å². The van der Waals surface area contributed by atoms with E-state index in [1.807, 2.05) is 42.1 Å². The van der Waals surface area contributed by atoms with Crippen molar-refractivity contribution >= 4 is 17.7 Å². The highest BCUT2D eigenvalue weighted by Crippen LogP contribution is 2.28. The van der Waals surface area contributed by atoms with Crippen molar-refractivity contribution in [2.45, 2.75) is 39.2 Å². The molecule has 0 radical (unpaired) electrons. The number of rotatable bonds is 10. The molecule has 0 heterocycles. The van der Waals surface area contributed by atoms with Gasteiger partial charge in [0, 0.05) is 0 Å². The van der Waals surface area contributed by atoms with Gasteiger partial charge in [0.2, 0.25) is 0 Å². The van der Waals surface area contributed by atoms with Crippen molar-refractivity contribution in [2.24, 2.45) is 5.92 Å². The van der Waals surface area contributed by atoms with Gasteiger partial charge in [-0.3, -0.25) is 5.32 Å². The molecule has 1 rings (SSSR count). The minimum Gasteiger partial charge on any atom is -0.480 e. The van der Waals surface area contributed by atoms with Crippen molar-refractivity contribution in [2.75, 3.05) is 18.1 Å². The second-order valence-corrected chi connectivity index (χ2v) is 6.87. The van der Waals surface area contributed by atoms with Crippen LogP contribution < -0.4 is 5.32 Å². The maximum Gasteiger partial charge on any atom is 0.328 e. The van der Waals surface area contributed by atoms with E-state index in [0.29, 0.717) is 18.9 Å². The van der Waals surface area contributed by atoms with Crippen molar-refractivity contribution in [1.82, 2.24) is 5.32 Å². The van der Waals surface area contributed by atoms with E-state index in [1.165, 1.54) is 0 Å². The molecule has 0 bridgehead atoms. The monoisotopic (exact) mass is 309 g/mol. The molecule has 0 saturated carbocycles. The Kier molecular flexibility index (Phi) is 7.83. The Bertz CT molecular complexity index is 422. The van der Waals surface area contributed by atoms with Gasteiger partial charge < -0.3 is 5.11 Å². The molecule has 1 aromatic carbocycles. The molecule has 2 N–H and O–H groups in total. The summed E-state index contributed by atoms with van der Waals surface area (Å²) in [6.07, 6.45) is 1.52. The summed E-state index contributed by atoms with van der Waals surface area (Å²) in [6.45, 7) is 7.13. The quantitative estimate of drug-likeness (QED) is 0.646. The predicted octanol–water partition coefficient (Wildman–Crippen LogP) is 3.75. The summed E-state index contributed by atoms with van der Waals surface area (Å²) in [5.74, 6) is 1.76. The maximum atomic E-state index is 12.0. The third-order valence-corrected chi connectivity index (χ3v) is 4.78. The number of thioether (sulfide) groups is 1. The number of aliphatic carboxylic acids is 1. The van der Waals surface area contributed by atoms with Crippen LogP contribution in [0, 0.1) is 5.92 Å². The summed E-state index contributed by atoms with van der Waals surface area (Å²) in [4.78, 5) is 12.0. The normalized spacial score (nSPS) is 14.1. The Balaban J connectivity index is 2.88. The minimum atomic E-state index is -0.971. The fourth-order valence-corrected chi connectivity index (χ4v) is 3.33. The molecule has 118 valence electrons. The van der Waals surface area contributed by atoms with Crippen LogP contribution in [0.2, 0.25) is 0 Å². The third kappa shape index (κ3) is 5.36. The molecule has 1 atom stereocenters. The number of hydrogen-bond donors (Lipinski definition) is 2. The van der Waals surface area contributed by atoms with Gasteiger partial charge in [-0.25, -0.2) is 4.79 Å². The number of carbonyl (C=O) groups is 1. The topological polar surface area (TPSA) is 49.3 Å². The third-order valence-electron chi connectivity index (χ3n) is 3.38. The molecular formula is C17H27NO2S. The largest absolute Gasteiger partial charge is 0.480 e. The van der Waals surface area contributed by atoms with Crippen molar-refractivity contribution in [3.05, 3.63) is 35.9 Å². The maximum absolute atomic E-state index is 12.0. The van der Waals surface area contributed by atoms with E-state index in [0.717, 1.165) is 23.5 Å². The van der Waals surface area contributed by atoms with Crippen molar-refractivity contribution in [3.63, 3.8) is 0 Å². The van der Waals surface area contributed by atoms with Crippen molar-refractivity contribution < 1.29 is 9.90 Å². The molecule has 0 amide bonds. The average molecular weight is 309 g/mol. The number of carboxylic acids is 1. The lowest BCUT2D eigenvalue weighted by Crippen LogP contribution is -2.50. The molecule has 0 aliphatic heterocycles. The molecule has 0 aliphatic carbocycles. The molecule has 21 heavy (non-hydrogen) atoms. The van der Waals surface area contributed by atoms with Crippen LogP contribution in [-0.2, 0) is 10.3 Å². The van der Waals surface area contributed by atoms with Crippen LogP contribution in [0.3, 0.4) is 0 Å². The van der Waals surface area contributed by atoms with E-state index >= 15 is 0 Å². The summed E-state index contributed by atoms with van der Waals surface area (Å²) >= 11 is 1.83. The molecule has 3 nitrogen and oxygen atoms in total. The van der Waals surface area contributed by atoms with Crippen LogP contribution in [0.5, 0.6) is 0 Å². The fraction of sp³-hybridized carbons (Fsp3) is 0.588. The van der Waals surface area contributed by atoms with Crippen LogP contribution in [-0.4, -0.2) is 29.1 Å². The fourth-order valence-electron chi connectivity index (χ4n) is 2.25. The zero-order valence-electron chi connectivity index (χ0n) is 13.3. The van der Waals surface area contributed by atoms with Crippen LogP contribution in [0.25, 0.3) is 0 Å². The lowest BCUT2D eigenvalue weighted by atomic mass is 9.87. The second kappa shape index (κ2) is 9.11. The highest BCUT2D eigenvalue weighted by atomic mass is 32.2. The lowest BCUT2D eigenvalue weighted by Gasteiger charge is -2.31. The summed E-state index contributed by atoms with van der Waals surface area (Å²) in [5, 5.41) is 13.1. The SMILES string of the molecule is CCCNC(CCSCC(C)C)(C(=O)O)c1ccccc1. The minimum absolute atomic E-state index is 0.601. The van der Waals surface area contributed by atoms with Gasteiger partial charge in [-0.15, -0.1) is 0 Å². The van der Waals surface area contributed by atoms with Crippen LogP contribution in [0.15, 0.2) is 30.3 Å². The smallest absolute Gasteiger partial charge is 0.328 e. The first-order chi connectivity index (χ1) is 10.0. The van der Waals surface area contributed by atoms with Gasteiger partial charge in [0.15, 0.2) is 0 Å². The first kappa shape index (κ1) is 18.1. The Morgan fingerprint density at radius 3 is 2.52 bits per heavy atom. The van der Waals surface area contributed by atoms with Gasteiger partial charge in [-0.05, 0) is 42.4 Å². The predicted molar refractivity (Wildman–Crippen MR) is 90.8 cm³/mol. The van der Waals surface area contributed by atoms with Gasteiger partial charge in [-0.1, -0.05) is 51.1 Å². The van der Waals surface area contributed by atoms with Crippen LogP contribution in [0.1, 0.15) is 39.2 Å². The van der Waals surface area contributed by atoms with E-state index in [4.69, 9.17) is 0 Å². The van der Waals surface area contributed by atoms with Gasteiger partial charge >= 0.3 is 5.97 Å². The molecule has 0 spiro atoms. The van der Waals surface area contributed by atoms with E-state index < -0.39 is 11.5 Å². The van der Waals surface area contributed by atoms with Gasteiger partial charge in [-0.2, -0.15) is 11.8 Å². The Morgan fingerprint density at radius 1 is 1.33 bits per heavy atom. The standard InChI is InChI=1S/C17H27NO2S/c1-4-11-18-17(16(19)20,10-12-21-13-14(2)3)15-8-6-5-7-9-15/h5-9,14,18H,4,10-13H2,1-3H3,(H,19,20). The van der Waals surface area contributed by atoms with Gasteiger partial charge in [0.25, 0.3) is 0 Å². The molecule has 0 fully saturated rings. The number of nitrogens with one attached hydrogen (secondary N) is 1. The summed E-state index contributed by atoms with van der Waals surface area (Å²) in [5.41, 5.74) is -0.127. The summed E-state index contributed by atoms with van der Waals surface area (Å²) in [6, 6.07) is 9.54. The van der Waals surface area contributed by atoms with Crippen molar-refractivity contribution in [3.8, 4) is 0 Å². The average Bonchev–Trinajstić information content (AvgIpc) is 2.47. The molecule has 0 saturated heterocycles. The highest BCUT2D eigenvalue weighted by Gasteiger charge is 2.39. The first-order valence-electron chi connectivity index (χ1n) is 7.64. The Hall–Kier alpha value is -1.00. The van der Waals surface area contributed by atoms with E-state index in [2.05, 4.69) is 26.1 Å². The summed E-state index contributed by atoms with van der Waals surface area (Å²) in [7, 11) is 0. The lowest BCUT2D eigenvalue weighted by molar-refractivity contribution is -0.145. The first-order valence-corrected chi connectivity index (χ1v) is 8.80. The van der Waals surface area contributed by atoms with Crippen LogP contribution >= 0.6 is 11.8 Å². The Morgan fingerprint density at radius 2 is 2.00 bits per heavy atom. The van der Waals surface area contributed by atoms with Gasteiger partial charge in [0.05, 0.1) is 0 Å². The summed E-state index contributed by atoms with van der Waals surface area (Å²) < 4.78 is 0. The van der Waals surface area contributed by atoms with E-state index in [-0.39, 0.29) is 0 Å². The molecule has 1 unspecified atom stereocenters. The zero-order valence-corrected chi connectivity index (χ0v) is 14.1. The highest BCUT2D eigenvalue weighted by molar-refractivity contribution is 7.99. The number of hydrogen-bond acceptors (Lipinski definition) is 3. The number of benzene rings is 1. The Labute approximate surface area is 132 Å². The molecule has 1 aromatic rings. The molecular weight excluding hydrogens is 282 g/mol. The molecule has 0 aliphatic rings. The van der Waals surface area contributed by atoms with Gasteiger partial charge in [0.1, 0.15) is 5.54 Å². The molecule has 0 aromatic heterocycles. The second-order valence-electron chi connectivity index (χ2n) is 5.72. The zero-order chi connectivity index (χ0) is 15.7. The van der Waals surface area contributed by atoms with E-state index in [1.54, 1.807) is 0 Å². The number of carboxylic acid groups (broad SMARTS) is 1. The van der Waals surface area contributed by atoms with E-state index in [9.17, 15) is 9.90 Å². The van der Waals surface area contributed by atoms with Crippen LogP contribution in [0.4, 0.5) is 0 Å².